The van der Waals surface area contributed by atoms with Crippen LogP contribution in [0.4, 0.5) is 0 Å². The van der Waals surface area contributed by atoms with Gasteiger partial charge in [0.25, 0.3) is 0 Å². The van der Waals surface area contributed by atoms with Gasteiger partial charge >= 0.3 is 0 Å². The maximum atomic E-state index is 5.18. The van der Waals surface area contributed by atoms with E-state index in [1.54, 1.807) is 0 Å². The highest BCUT2D eigenvalue weighted by molar-refractivity contribution is 5.02. The second-order valence-corrected chi connectivity index (χ2v) is 2.47. The van der Waals surface area contributed by atoms with Crippen molar-refractivity contribution in [3.63, 3.8) is 0 Å². The average Bonchev–Trinajstić information content (AvgIpc) is 2.14. The van der Waals surface area contributed by atoms with E-state index < -0.39 is 0 Å². The Hall–Kier alpha value is -0.480. The van der Waals surface area contributed by atoms with Crippen LogP contribution < -0.4 is 5.32 Å². The molecule has 1 saturated heterocycles. The third-order valence-electron chi connectivity index (χ3n) is 1.55. The predicted octanol–water partition coefficient (Wildman–Crippen LogP) is 0.618. The summed E-state index contributed by atoms with van der Waals surface area (Å²) in [6, 6.07) is 0.352. The minimum atomic E-state index is 0.352. The Kier molecular flexibility index (Phi) is 1.55. The first-order valence-corrected chi connectivity index (χ1v) is 3.02. The fourth-order valence-electron chi connectivity index (χ4n) is 1.04. The summed E-state index contributed by atoms with van der Waals surface area (Å²) >= 11 is 0. The Balaban J connectivity index is 2.35. The van der Waals surface area contributed by atoms with Crippen LogP contribution in [0, 0.1) is 18.3 Å². The van der Waals surface area contributed by atoms with Gasteiger partial charge in [-0.1, -0.05) is 12.8 Å². The summed E-state index contributed by atoms with van der Waals surface area (Å²) in [7, 11) is 0. The van der Waals surface area contributed by atoms with Crippen molar-refractivity contribution in [3.05, 3.63) is 0 Å². The van der Waals surface area contributed by atoms with E-state index >= 15 is 0 Å². The SMILES string of the molecule is C#C[C@@H]1C[C@H](C)CN1. The van der Waals surface area contributed by atoms with Gasteiger partial charge in [0.1, 0.15) is 0 Å². The summed E-state index contributed by atoms with van der Waals surface area (Å²) < 4.78 is 0. The summed E-state index contributed by atoms with van der Waals surface area (Å²) in [6.07, 6.45) is 6.33. The number of hydrogen-bond acceptors (Lipinski definition) is 1. The van der Waals surface area contributed by atoms with Gasteiger partial charge in [-0.3, -0.25) is 0 Å². The number of terminal acetylenes is 1. The first-order chi connectivity index (χ1) is 3.83. The summed E-state index contributed by atoms with van der Waals surface area (Å²) in [5.41, 5.74) is 0. The number of rotatable bonds is 0. The molecule has 1 fully saturated rings. The third kappa shape index (κ3) is 1.02. The highest BCUT2D eigenvalue weighted by atomic mass is 14.9. The lowest BCUT2D eigenvalue weighted by molar-refractivity contribution is 0.644. The van der Waals surface area contributed by atoms with Gasteiger partial charge < -0.3 is 5.32 Å². The first-order valence-electron chi connectivity index (χ1n) is 3.02. The first kappa shape index (κ1) is 5.65. The van der Waals surface area contributed by atoms with Crippen molar-refractivity contribution in [2.45, 2.75) is 19.4 Å². The van der Waals surface area contributed by atoms with Crippen molar-refractivity contribution in [2.24, 2.45) is 5.92 Å². The monoisotopic (exact) mass is 109 g/mol. The van der Waals surface area contributed by atoms with Crippen molar-refractivity contribution >= 4 is 0 Å². The second-order valence-electron chi connectivity index (χ2n) is 2.47. The zero-order valence-electron chi connectivity index (χ0n) is 5.15. The molecule has 1 aliphatic rings. The van der Waals surface area contributed by atoms with E-state index in [1.165, 1.54) is 0 Å². The van der Waals surface area contributed by atoms with E-state index in [9.17, 15) is 0 Å². The molecule has 1 aliphatic heterocycles. The lowest BCUT2D eigenvalue weighted by atomic mass is 10.1. The molecule has 0 unspecified atom stereocenters. The van der Waals surface area contributed by atoms with E-state index in [4.69, 9.17) is 6.42 Å². The van der Waals surface area contributed by atoms with Crippen molar-refractivity contribution in [2.75, 3.05) is 6.54 Å². The van der Waals surface area contributed by atoms with E-state index in [-0.39, 0.29) is 0 Å². The quantitative estimate of drug-likeness (QED) is 0.450. The molecule has 1 heterocycles. The van der Waals surface area contributed by atoms with Gasteiger partial charge in [0, 0.05) is 0 Å². The standard InChI is InChI=1S/C7H11N/c1-3-7-4-6(2)5-8-7/h1,6-8H,4-5H2,2H3/t6-,7+/m0/s1. The molecule has 44 valence electrons. The lowest BCUT2D eigenvalue weighted by Crippen LogP contribution is -2.18. The minimum Gasteiger partial charge on any atom is -0.303 e. The Labute approximate surface area is 50.5 Å². The van der Waals surface area contributed by atoms with Crippen LogP contribution in [0.25, 0.3) is 0 Å². The molecule has 0 amide bonds. The summed E-state index contributed by atoms with van der Waals surface area (Å²) in [5, 5.41) is 3.22. The van der Waals surface area contributed by atoms with Crippen molar-refractivity contribution in [1.82, 2.24) is 5.32 Å². The van der Waals surface area contributed by atoms with E-state index in [0.29, 0.717) is 6.04 Å². The molecule has 1 N–H and O–H groups in total. The number of nitrogens with one attached hydrogen (secondary N) is 1. The Morgan fingerprint density at radius 3 is 2.75 bits per heavy atom. The molecule has 1 rings (SSSR count). The van der Waals surface area contributed by atoms with Gasteiger partial charge in [-0.2, -0.15) is 0 Å². The lowest BCUT2D eigenvalue weighted by Gasteiger charge is -1.95. The molecule has 8 heavy (non-hydrogen) atoms. The molecular weight excluding hydrogens is 98.1 g/mol. The average molecular weight is 109 g/mol. The Morgan fingerprint density at radius 2 is 2.50 bits per heavy atom. The van der Waals surface area contributed by atoms with Crippen molar-refractivity contribution in [3.8, 4) is 12.3 Å². The maximum absolute atomic E-state index is 5.18. The summed E-state index contributed by atoms with van der Waals surface area (Å²) in [6.45, 7) is 3.30. The Morgan fingerprint density at radius 1 is 1.75 bits per heavy atom. The van der Waals surface area contributed by atoms with Crippen LogP contribution in [-0.4, -0.2) is 12.6 Å². The van der Waals surface area contributed by atoms with E-state index in [1.807, 2.05) is 0 Å². The van der Waals surface area contributed by atoms with Gasteiger partial charge in [0.2, 0.25) is 0 Å². The molecule has 2 atom stereocenters. The third-order valence-corrected chi connectivity index (χ3v) is 1.55. The second kappa shape index (κ2) is 2.19. The molecule has 0 aromatic rings. The van der Waals surface area contributed by atoms with E-state index in [2.05, 4.69) is 18.2 Å². The molecule has 1 nitrogen and oxygen atoms in total. The number of hydrogen-bond donors (Lipinski definition) is 1. The fourth-order valence-corrected chi connectivity index (χ4v) is 1.04. The van der Waals surface area contributed by atoms with Gasteiger partial charge in [-0.05, 0) is 18.9 Å². The predicted molar refractivity (Wildman–Crippen MR) is 34.4 cm³/mol. The van der Waals surface area contributed by atoms with Crippen molar-refractivity contribution < 1.29 is 0 Å². The normalized spacial score (nSPS) is 37.0. The summed E-state index contributed by atoms with van der Waals surface area (Å²) in [5.74, 6) is 3.46. The van der Waals surface area contributed by atoms with Gasteiger partial charge in [0.15, 0.2) is 0 Å². The van der Waals surface area contributed by atoms with Crippen molar-refractivity contribution in [1.29, 1.82) is 0 Å². The molecule has 0 aliphatic carbocycles. The van der Waals surface area contributed by atoms with Crippen LogP contribution in [0.5, 0.6) is 0 Å². The topological polar surface area (TPSA) is 12.0 Å². The van der Waals surface area contributed by atoms with Crippen LogP contribution in [0.3, 0.4) is 0 Å². The smallest absolute Gasteiger partial charge is 0.0690 e. The van der Waals surface area contributed by atoms with Crippen LogP contribution in [0.2, 0.25) is 0 Å². The molecule has 1 heteroatoms. The van der Waals surface area contributed by atoms with Gasteiger partial charge in [0.05, 0.1) is 6.04 Å². The molecule has 0 aromatic heterocycles. The zero-order chi connectivity index (χ0) is 5.98. The van der Waals surface area contributed by atoms with Crippen LogP contribution in [0.1, 0.15) is 13.3 Å². The van der Waals surface area contributed by atoms with Crippen LogP contribution in [-0.2, 0) is 0 Å². The van der Waals surface area contributed by atoms with E-state index in [0.717, 1.165) is 18.9 Å². The highest BCUT2D eigenvalue weighted by Gasteiger charge is 2.17. The van der Waals surface area contributed by atoms with Crippen LogP contribution >= 0.6 is 0 Å². The van der Waals surface area contributed by atoms with Gasteiger partial charge in [-0.15, -0.1) is 6.42 Å². The zero-order valence-corrected chi connectivity index (χ0v) is 5.15. The van der Waals surface area contributed by atoms with Gasteiger partial charge in [-0.25, -0.2) is 0 Å². The molecule has 0 aromatic carbocycles. The molecule has 0 spiro atoms. The Bertz CT molecular complexity index is 112. The minimum absolute atomic E-state index is 0.352. The van der Waals surface area contributed by atoms with Crippen LogP contribution in [0.15, 0.2) is 0 Å². The largest absolute Gasteiger partial charge is 0.303 e. The highest BCUT2D eigenvalue weighted by Crippen LogP contribution is 2.10. The summed E-state index contributed by atoms with van der Waals surface area (Å²) in [4.78, 5) is 0. The fraction of sp³-hybridized carbons (Fsp3) is 0.714. The molecule has 0 saturated carbocycles. The molecular formula is C7H11N. The maximum Gasteiger partial charge on any atom is 0.0690 e. The molecule has 0 radical (unpaired) electrons. The molecule has 0 bridgehead atoms.